The second-order valence-corrected chi connectivity index (χ2v) is 6.18. The van der Waals surface area contributed by atoms with Gasteiger partial charge >= 0.3 is 0 Å². The minimum atomic E-state index is -0.218. The Morgan fingerprint density at radius 2 is 1.89 bits per heavy atom. The highest BCUT2D eigenvalue weighted by molar-refractivity contribution is 7.09. The number of aromatic nitrogens is 1. The van der Waals surface area contributed by atoms with Crippen molar-refractivity contribution in [1.29, 1.82) is 0 Å². The number of rotatable bonds is 3. The number of halogens is 1. The average molecular weight is 264 g/mol. The first kappa shape index (κ1) is 13.0. The van der Waals surface area contributed by atoms with Gasteiger partial charge in [-0.3, -0.25) is 0 Å². The van der Waals surface area contributed by atoms with Gasteiger partial charge in [0.15, 0.2) is 0 Å². The Bertz CT molecular complexity index is 511. The van der Waals surface area contributed by atoms with E-state index in [0.29, 0.717) is 6.54 Å². The molecule has 0 unspecified atom stereocenters. The molecule has 0 radical (unpaired) electrons. The van der Waals surface area contributed by atoms with E-state index in [2.05, 4.69) is 36.5 Å². The molecule has 1 aromatic carbocycles. The van der Waals surface area contributed by atoms with Crippen LogP contribution in [0.5, 0.6) is 0 Å². The van der Waals surface area contributed by atoms with Crippen LogP contribution in [0, 0.1) is 5.82 Å². The third-order valence-corrected chi connectivity index (χ3v) is 3.46. The standard InChI is InChI=1S/C14H17FN2S/c1-14(2,3)12-9-18-13(17-12)8-16-11-6-4-10(15)5-7-11/h4-7,9,16H,8H2,1-3H3. The highest BCUT2D eigenvalue weighted by atomic mass is 32.1. The highest BCUT2D eigenvalue weighted by Crippen LogP contribution is 2.24. The largest absolute Gasteiger partial charge is 0.379 e. The lowest BCUT2D eigenvalue weighted by Crippen LogP contribution is -2.11. The first-order chi connectivity index (χ1) is 8.45. The molecule has 2 rings (SSSR count). The number of hydrogen-bond donors (Lipinski definition) is 1. The van der Waals surface area contributed by atoms with E-state index < -0.39 is 0 Å². The summed E-state index contributed by atoms with van der Waals surface area (Å²) in [5.41, 5.74) is 2.11. The molecule has 2 nitrogen and oxygen atoms in total. The molecule has 0 atom stereocenters. The van der Waals surface area contributed by atoms with E-state index in [9.17, 15) is 4.39 Å². The Kier molecular flexibility index (Phi) is 3.66. The van der Waals surface area contributed by atoms with Crippen molar-refractivity contribution < 1.29 is 4.39 Å². The second kappa shape index (κ2) is 5.06. The van der Waals surface area contributed by atoms with Crippen molar-refractivity contribution in [1.82, 2.24) is 4.98 Å². The van der Waals surface area contributed by atoms with Gasteiger partial charge in [-0.25, -0.2) is 9.37 Å². The van der Waals surface area contributed by atoms with Gasteiger partial charge in [-0.1, -0.05) is 20.8 Å². The fourth-order valence-electron chi connectivity index (χ4n) is 1.48. The molecule has 18 heavy (non-hydrogen) atoms. The Morgan fingerprint density at radius 3 is 2.44 bits per heavy atom. The molecular formula is C14H17FN2S. The van der Waals surface area contributed by atoms with Crippen LogP contribution < -0.4 is 5.32 Å². The number of anilines is 1. The summed E-state index contributed by atoms with van der Waals surface area (Å²) in [6.45, 7) is 7.13. The van der Waals surface area contributed by atoms with Crippen LogP contribution in [-0.2, 0) is 12.0 Å². The number of nitrogens with zero attached hydrogens (tertiary/aromatic N) is 1. The molecule has 1 N–H and O–H groups in total. The van der Waals surface area contributed by atoms with Crippen LogP contribution in [0.15, 0.2) is 29.6 Å². The molecule has 96 valence electrons. The van der Waals surface area contributed by atoms with Crippen LogP contribution in [0.1, 0.15) is 31.5 Å². The van der Waals surface area contributed by atoms with Gasteiger partial charge in [-0.05, 0) is 24.3 Å². The number of benzene rings is 1. The van der Waals surface area contributed by atoms with Crippen molar-refractivity contribution >= 4 is 17.0 Å². The Labute approximate surface area is 111 Å². The molecule has 2 aromatic rings. The Balaban J connectivity index is 1.98. The third-order valence-electron chi connectivity index (χ3n) is 2.61. The zero-order valence-corrected chi connectivity index (χ0v) is 11.6. The molecule has 0 saturated heterocycles. The average Bonchev–Trinajstić information content (AvgIpc) is 2.77. The molecule has 0 aliphatic carbocycles. The molecule has 0 fully saturated rings. The Morgan fingerprint density at radius 1 is 1.22 bits per heavy atom. The van der Waals surface area contributed by atoms with Gasteiger partial charge in [0.1, 0.15) is 10.8 Å². The summed E-state index contributed by atoms with van der Waals surface area (Å²) in [6, 6.07) is 6.36. The van der Waals surface area contributed by atoms with Gasteiger partial charge < -0.3 is 5.32 Å². The fraction of sp³-hybridized carbons (Fsp3) is 0.357. The normalized spacial score (nSPS) is 11.6. The lowest BCUT2D eigenvalue weighted by Gasteiger charge is -2.14. The van der Waals surface area contributed by atoms with E-state index in [1.54, 1.807) is 23.5 Å². The third kappa shape index (κ3) is 3.29. The molecule has 0 spiro atoms. The van der Waals surface area contributed by atoms with Gasteiger partial charge in [0.05, 0.1) is 12.2 Å². The van der Waals surface area contributed by atoms with E-state index >= 15 is 0 Å². The highest BCUT2D eigenvalue weighted by Gasteiger charge is 2.17. The van der Waals surface area contributed by atoms with E-state index in [4.69, 9.17) is 0 Å². The molecular weight excluding hydrogens is 247 g/mol. The molecule has 0 amide bonds. The number of thiazole rings is 1. The predicted octanol–water partition coefficient (Wildman–Crippen LogP) is 4.19. The van der Waals surface area contributed by atoms with Crippen molar-refractivity contribution in [3.05, 3.63) is 46.2 Å². The minimum Gasteiger partial charge on any atom is -0.379 e. The molecule has 1 heterocycles. The summed E-state index contributed by atoms with van der Waals surface area (Å²) < 4.78 is 12.7. The van der Waals surface area contributed by atoms with Crippen LogP contribution in [0.2, 0.25) is 0 Å². The molecule has 0 saturated carbocycles. The maximum atomic E-state index is 12.7. The summed E-state index contributed by atoms with van der Waals surface area (Å²) in [4.78, 5) is 4.60. The summed E-state index contributed by atoms with van der Waals surface area (Å²) in [6.07, 6.45) is 0. The van der Waals surface area contributed by atoms with Crippen molar-refractivity contribution in [2.75, 3.05) is 5.32 Å². The predicted molar refractivity (Wildman–Crippen MR) is 74.5 cm³/mol. The first-order valence-corrected chi connectivity index (χ1v) is 6.77. The quantitative estimate of drug-likeness (QED) is 0.899. The zero-order valence-electron chi connectivity index (χ0n) is 10.8. The van der Waals surface area contributed by atoms with Crippen LogP contribution in [0.4, 0.5) is 10.1 Å². The van der Waals surface area contributed by atoms with Gasteiger partial charge in [0.25, 0.3) is 0 Å². The van der Waals surface area contributed by atoms with Crippen molar-refractivity contribution in [2.45, 2.75) is 32.7 Å². The summed E-state index contributed by atoms with van der Waals surface area (Å²) in [5.74, 6) is -0.218. The number of nitrogens with one attached hydrogen (secondary N) is 1. The van der Waals surface area contributed by atoms with Crippen molar-refractivity contribution in [2.24, 2.45) is 0 Å². The molecule has 0 aliphatic rings. The van der Waals surface area contributed by atoms with E-state index in [1.165, 1.54) is 12.1 Å². The fourth-order valence-corrected chi connectivity index (χ4v) is 2.44. The van der Waals surface area contributed by atoms with Crippen LogP contribution >= 0.6 is 11.3 Å². The summed E-state index contributed by atoms with van der Waals surface area (Å²) in [7, 11) is 0. The van der Waals surface area contributed by atoms with Crippen LogP contribution in [0.3, 0.4) is 0 Å². The van der Waals surface area contributed by atoms with Crippen LogP contribution in [0.25, 0.3) is 0 Å². The van der Waals surface area contributed by atoms with Gasteiger partial charge in [-0.15, -0.1) is 11.3 Å². The van der Waals surface area contributed by atoms with Gasteiger partial charge in [-0.2, -0.15) is 0 Å². The Hall–Kier alpha value is -1.42. The molecule has 0 bridgehead atoms. The smallest absolute Gasteiger partial charge is 0.123 e. The summed E-state index contributed by atoms with van der Waals surface area (Å²) in [5, 5.41) is 6.38. The topological polar surface area (TPSA) is 24.9 Å². The summed E-state index contributed by atoms with van der Waals surface area (Å²) >= 11 is 1.65. The van der Waals surface area contributed by atoms with Gasteiger partial charge in [0.2, 0.25) is 0 Å². The maximum absolute atomic E-state index is 12.7. The minimum absolute atomic E-state index is 0.0879. The molecule has 4 heteroatoms. The van der Waals surface area contributed by atoms with Crippen molar-refractivity contribution in [3.8, 4) is 0 Å². The van der Waals surface area contributed by atoms with Crippen LogP contribution in [-0.4, -0.2) is 4.98 Å². The molecule has 0 aliphatic heterocycles. The maximum Gasteiger partial charge on any atom is 0.123 e. The monoisotopic (exact) mass is 264 g/mol. The zero-order chi connectivity index (χ0) is 13.2. The van der Waals surface area contributed by atoms with E-state index in [0.717, 1.165) is 16.4 Å². The lowest BCUT2D eigenvalue weighted by molar-refractivity contribution is 0.571. The second-order valence-electron chi connectivity index (χ2n) is 5.24. The molecule has 1 aromatic heterocycles. The van der Waals surface area contributed by atoms with E-state index in [-0.39, 0.29) is 11.2 Å². The lowest BCUT2D eigenvalue weighted by atomic mass is 9.93. The van der Waals surface area contributed by atoms with E-state index in [1.807, 2.05) is 0 Å². The number of hydrogen-bond acceptors (Lipinski definition) is 3. The van der Waals surface area contributed by atoms with Gasteiger partial charge in [0, 0.05) is 16.5 Å². The van der Waals surface area contributed by atoms with Crippen molar-refractivity contribution in [3.63, 3.8) is 0 Å². The SMILES string of the molecule is CC(C)(C)c1csc(CNc2ccc(F)cc2)n1. The first-order valence-electron chi connectivity index (χ1n) is 5.89.